The van der Waals surface area contributed by atoms with Crippen molar-refractivity contribution >= 4 is 22.2 Å². The quantitative estimate of drug-likeness (QED) is 0.672. The van der Waals surface area contributed by atoms with Crippen LogP contribution < -0.4 is 5.73 Å². The number of nitrogens with two attached hydrogens (primary N) is 1. The van der Waals surface area contributed by atoms with Crippen LogP contribution in [0, 0.1) is 0 Å². The second-order valence-corrected chi connectivity index (χ2v) is 7.42. The molecule has 1 aromatic carbocycles. The summed E-state index contributed by atoms with van der Waals surface area (Å²) in [5, 5.41) is 0. The first-order valence-corrected chi connectivity index (χ1v) is 8.59. The maximum absolute atomic E-state index is 12.3. The maximum Gasteiger partial charge on any atom is 0.146 e. The molecule has 1 heterocycles. The topological polar surface area (TPSA) is 48.0 Å². The standard InChI is InChI=1S/C18H21BrN2O/c19-16-8-9-18(14-22,21-10-4-5-11-21)17(12-16,13-20)15-6-2-1-3-7-15/h1-7,10-11,14,16H,8-9,12-13,20H2. The fraction of sp³-hybridized carbons (Fsp3) is 0.389. The molecule has 1 aliphatic rings. The summed E-state index contributed by atoms with van der Waals surface area (Å²) in [5.74, 6) is 0. The van der Waals surface area contributed by atoms with Gasteiger partial charge in [-0.05, 0) is 37.0 Å². The zero-order chi connectivity index (χ0) is 15.6. The van der Waals surface area contributed by atoms with E-state index in [4.69, 9.17) is 5.73 Å². The van der Waals surface area contributed by atoms with Gasteiger partial charge in [0.15, 0.2) is 0 Å². The Bertz CT molecular complexity index is 628. The number of alkyl halides is 1. The number of benzene rings is 1. The Hall–Kier alpha value is -1.39. The van der Waals surface area contributed by atoms with Gasteiger partial charge >= 0.3 is 0 Å². The molecule has 0 radical (unpaired) electrons. The van der Waals surface area contributed by atoms with Gasteiger partial charge in [-0.1, -0.05) is 46.3 Å². The first kappa shape index (κ1) is 15.5. The maximum atomic E-state index is 12.3. The predicted molar refractivity (Wildman–Crippen MR) is 92.2 cm³/mol. The van der Waals surface area contributed by atoms with Crippen molar-refractivity contribution in [1.82, 2.24) is 4.57 Å². The first-order valence-electron chi connectivity index (χ1n) is 7.68. The molecule has 2 N–H and O–H groups in total. The number of aldehydes is 1. The number of hydrogen-bond acceptors (Lipinski definition) is 2. The van der Waals surface area contributed by atoms with Crippen LogP contribution in [0.4, 0.5) is 0 Å². The van der Waals surface area contributed by atoms with E-state index in [1.165, 1.54) is 0 Å². The lowest BCUT2D eigenvalue weighted by Crippen LogP contribution is -2.61. The molecule has 0 amide bonds. The van der Waals surface area contributed by atoms with E-state index >= 15 is 0 Å². The van der Waals surface area contributed by atoms with E-state index in [9.17, 15) is 4.79 Å². The Balaban J connectivity index is 2.23. The minimum atomic E-state index is -0.628. The average Bonchev–Trinajstić information content (AvgIpc) is 3.10. The summed E-state index contributed by atoms with van der Waals surface area (Å²) in [6.07, 6.45) is 7.68. The Kier molecular flexibility index (Phi) is 4.24. The van der Waals surface area contributed by atoms with Crippen LogP contribution in [-0.2, 0) is 15.7 Å². The Morgan fingerprint density at radius 3 is 2.50 bits per heavy atom. The highest BCUT2D eigenvalue weighted by molar-refractivity contribution is 9.09. The summed E-state index contributed by atoms with van der Waals surface area (Å²) < 4.78 is 2.05. The molecule has 0 spiro atoms. The van der Waals surface area contributed by atoms with Crippen LogP contribution in [0.15, 0.2) is 54.9 Å². The molecular formula is C18H21BrN2O. The van der Waals surface area contributed by atoms with Crippen molar-refractivity contribution in [2.75, 3.05) is 6.54 Å². The monoisotopic (exact) mass is 360 g/mol. The third-order valence-corrected chi connectivity index (χ3v) is 5.95. The van der Waals surface area contributed by atoms with E-state index in [0.717, 1.165) is 31.1 Å². The average molecular weight is 361 g/mol. The van der Waals surface area contributed by atoms with Crippen LogP contribution >= 0.6 is 15.9 Å². The normalized spacial score (nSPS) is 31.8. The molecule has 22 heavy (non-hydrogen) atoms. The lowest BCUT2D eigenvalue weighted by atomic mass is 9.58. The summed E-state index contributed by atoms with van der Waals surface area (Å²) in [4.78, 5) is 12.7. The number of carbonyl (C=O) groups is 1. The van der Waals surface area contributed by atoms with Crippen LogP contribution in [0.1, 0.15) is 24.8 Å². The van der Waals surface area contributed by atoms with Crippen molar-refractivity contribution in [2.45, 2.75) is 35.0 Å². The van der Waals surface area contributed by atoms with Gasteiger partial charge in [0.2, 0.25) is 0 Å². The smallest absolute Gasteiger partial charge is 0.146 e. The molecule has 1 fully saturated rings. The number of nitrogens with zero attached hydrogens (tertiary/aromatic N) is 1. The molecule has 0 aliphatic heterocycles. The number of rotatable bonds is 4. The first-order chi connectivity index (χ1) is 10.7. The summed E-state index contributed by atoms with van der Waals surface area (Å²) in [6, 6.07) is 14.2. The molecule has 1 aromatic heterocycles. The van der Waals surface area contributed by atoms with Gasteiger partial charge in [0.25, 0.3) is 0 Å². The summed E-state index contributed by atoms with van der Waals surface area (Å²) in [5.41, 5.74) is 6.41. The van der Waals surface area contributed by atoms with Gasteiger partial charge in [0, 0.05) is 29.2 Å². The highest BCUT2D eigenvalue weighted by Crippen LogP contribution is 2.51. The van der Waals surface area contributed by atoms with Crippen molar-refractivity contribution in [3.05, 3.63) is 60.4 Å². The van der Waals surface area contributed by atoms with Crippen molar-refractivity contribution < 1.29 is 4.79 Å². The number of carbonyl (C=O) groups excluding carboxylic acids is 1. The molecule has 1 aliphatic carbocycles. The van der Waals surface area contributed by atoms with E-state index in [1.807, 2.05) is 42.7 Å². The van der Waals surface area contributed by atoms with Crippen LogP contribution in [0.3, 0.4) is 0 Å². The third-order valence-electron chi connectivity index (χ3n) is 5.17. The van der Waals surface area contributed by atoms with Gasteiger partial charge in [0.05, 0.1) is 0 Å². The van der Waals surface area contributed by atoms with Gasteiger partial charge in [-0.15, -0.1) is 0 Å². The van der Waals surface area contributed by atoms with Gasteiger partial charge in [-0.3, -0.25) is 0 Å². The summed E-state index contributed by atoms with van der Waals surface area (Å²) >= 11 is 3.77. The molecule has 4 heteroatoms. The highest BCUT2D eigenvalue weighted by Gasteiger charge is 2.55. The second kappa shape index (κ2) is 6.01. The van der Waals surface area contributed by atoms with Crippen molar-refractivity contribution in [1.29, 1.82) is 0 Å². The molecular weight excluding hydrogens is 340 g/mol. The summed E-state index contributed by atoms with van der Waals surface area (Å²) in [6.45, 7) is 0.441. The minimum Gasteiger partial charge on any atom is -0.341 e. The molecule has 116 valence electrons. The van der Waals surface area contributed by atoms with E-state index in [-0.39, 0.29) is 0 Å². The van der Waals surface area contributed by atoms with E-state index in [0.29, 0.717) is 11.4 Å². The number of halogens is 1. The molecule has 1 saturated carbocycles. The van der Waals surface area contributed by atoms with Crippen LogP contribution in [-0.4, -0.2) is 22.2 Å². The van der Waals surface area contributed by atoms with Crippen LogP contribution in [0.5, 0.6) is 0 Å². The van der Waals surface area contributed by atoms with E-state index < -0.39 is 11.0 Å². The largest absolute Gasteiger partial charge is 0.341 e. The molecule has 2 aromatic rings. The summed E-state index contributed by atoms with van der Waals surface area (Å²) in [7, 11) is 0. The van der Waals surface area contributed by atoms with E-state index in [2.05, 4.69) is 32.6 Å². The second-order valence-electron chi connectivity index (χ2n) is 6.12. The Morgan fingerprint density at radius 1 is 1.23 bits per heavy atom. The molecule has 0 bridgehead atoms. The van der Waals surface area contributed by atoms with Gasteiger partial charge in [0.1, 0.15) is 11.8 Å². The predicted octanol–water partition coefficient (Wildman–Crippen LogP) is 3.23. The lowest BCUT2D eigenvalue weighted by molar-refractivity contribution is -0.121. The number of aromatic nitrogens is 1. The van der Waals surface area contributed by atoms with Gasteiger partial charge in [-0.25, -0.2) is 0 Å². The van der Waals surface area contributed by atoms with Crippen molar-refractivity contribution in [2.24, 2.45) is 5.73 Å². The highest BCUT2D eigenvalue weighted by atomic mass is 79.9. The Labute approximate surface area is 139 Å². The van der Waals surface area contributed by atoms with E-state index in [1.54, 1.807) is 0 Å². The molecule has 0 saturated heterocycles. The number of hydrogen-bond donors (Lipinski definition) is 1. The van der Waals surface area contributed by atoms with Crippen LogP contribution in [0.25, 0.3) is 0 Å². The van der Waals surface area contributed by atoms with Gasteiger partial charge in [-0.2, -0.15) is 0 Å². The molecule has 3 unspecified atom stereocenters. The van der Waals surface area contributed by atoms with Gasteiger partial charge < -0.3 is 15.1 Å². The van der Waals surface area contributed by atoms with Crippen LogP contribution in [0.2, 0.25) is 0 Å². The molecule has 3 rings (SSSR count). The third kappa shape index (κ3) is 2.17. The zero-order valence-corrected chi connectivity index (χ0v) is 14.1. The SMILES string of the molecule is NCC1(c2ccccc2)CC(Br)CCC1(C=O)n1cccc1. The Morgan fingerprint density at radius 2 is 1.91 bits per heavy atom. The zero-order valence-electron chi connectivity index (χ0n) is 12.5. The van der Waals surface area contributed by atoms with Crippen molar-refractivity contribution in [3.8, 4) is 0 Å². The molecule has 3 nitrogen and oxygen atoms in total. The molecule has 3 atom stereocenters. The lowest BCUT2D eigenvalue weighted by Gasteiger charge is -2.53. The fourth-order valence-corrected chi connectivity index (χ4v) is 4.77. The minimum absolute atomic E-state index is 0.375. The fourth-order valence-electron chi connectivity index (χ4n) is 3.99. The van der Waals surface area contributed by atoms with Crippen molar-refractivity contribution in [3.63, 3.8) is 0 Å².